The highest BCUT2D eigenvalue weighted by Crippen LogP contribution is 2.34. The molecule has 0 bridgehead atoms. The lowest BCUT2D eigenvalue weighted by molar-refractivity contribution is -0.163. The van der Waals surface area contributed by atoms with E-state index in [2.05, 4.69) is 0 Å². The average molecular weight is 226 g/mol. The summed E-state index contributed by atoms with van der Waals surface area (Å²) in [6, 6.07) is 6.18. The Labute approximate surface area is 93.8 Å². The minimum atomic E-state index is -0.901. The van der Waals surface area contributed by atoms with Gasteiger partial charge in [-0.25, -0.2) is 4.39 Å². The van der Waals surface area contributed by atoms with Gasteiger partial charge in [0.25, 0.3) is 0 Å². The quantitative estimate of drug-likeness (QED) is 0.854. The van der Waals surface area contributed by atoms with E-state index in [0.29, 0.717) is 18.6 Å². The highest BCUT2D eigenvalue weighted by molar-refractivity contribution is 5.21. The van der Waals surface area contributed by atoms with Gasteiger partial charge in [-0.05, 0) is 25.5 Å². The number of benzene rings is 1. The van der Waals surface area contributed by atoms with E-state index in [1.807, 2.05) is 0 Å². The predicted molar refractivity (Wildman–Crippen MR) is 56.3 cm³/mol. The number of ether oxygens (including phenoxy) is 2. The van der Waals surface area contributed by atoms with E-state index in [0.717, 1.165) is 0 Å². The molecule has 3 nitrogen and oxygen atoms in total. The van der Waals surface area contributed by atoms with E-state index in [1.165, 1.54) is 12.1 Å². The molecule has 2 rings (SSSR count). The summed E-state index contributed by atoms with van der Waals surface area (Å²) in [4.78, 5) is 0. The molecule has 0 radical (unpaired) electrons. The molecule has 1 aromatic rings. The Bertz CT molecular complexity index is 369. The van der Waals surface area contributed by atoms with Gasteiger partial charge in [0.1, 0.15) is 5.82 Å². The zero-order valence-electron chi connectivity index (χ0n) is 9.15. The Balaban J connectivity index is 2.15. The third-order valence-electron chi connectivity index (χ3n) is 2.74. The molecule has 1 fully saturated rings. The molecule has 1 aliphatic rings. The second-order valence-corrected chi connectivity index (χ2v) is 4.02. The first-order chi connectivity index (χ1) is 7.64. The van der Waals surface area contributed by atoms with Gasteiger partial charge in [0.2, 0.25) is 0 Å². The number of hydrogen-bond acceptors (Lipinski definition) is 3. The molecule has 0 aromatic heterocycles. The lowest BCUT2D eigenvalue weighted by Crippen LogP contribution is -2.24. The molecule has 0 saturated carbocycles. The third kappa shape index (κ3) is 2.24. The minimum absolute atomic E-state index is 0.0628. The number of aliphatic hydroxyl groups is 1. The Morgan fingerprint density at radius 1 is 1.56 bits per heavy atom. The van der Waals surface area contributed by atoms with Crippen LogP contribution in [0.1, 0.15) is 18.9 Å². The van der Waals surface area contributed by atoms with Gasteiger partial charge in [-0.1, -0.05) is 12.1 Å². The van der Waals surface area contributed by atoms with Crippen LogP contribution in [-0.2, 0) is 15.3 Å². The van der Waals surface area contributed by atoms with Crippen molar-refractivity contribution in [3.8, 4) is 0 Å². The normalized spacial score (nSPS) is 29.6. The van der Waals surface area contributed by atoms with Crippen molar-refractivity contribution < 1.29 is 19.0 Å². The molecule has 1 heterocycles. The van der Waals surface area contributed by atoms with Gasteiger partial charge in [0.15, 0.2) is 5.79 Å². The zero-order valence-corrected chi connectivity index (χ0v) is 9.15. The van der Waals surface area contributed by atoms with Gasteiger partial charge in [-0.2, -0.15) is 0 Å². The van der Waals surface area contributed by atoms with Crippen molar-refractivity contribution in [2.75, 3.05) is 13.2 Å². The first kappa shape index (κ1) is 11.5. The van der Waals surface area contributed by atoms with E-state index in [4.69, 9.17) is 14.6 Å². The van der Waals surface area contributed by atoms with Crippen molar-refractivity contribution in [2.45, 2.75) is 25.2 Å². The van der Waals surface area contributed by atoms with E-state index < -0.39 is 5.79 Å². The fraction of sp³-hybridized carbons (Fsp3) is 0.500. The van der Waals surface area contributed by atoms with Gasteiger partial charge in [-0.3, -0.25) is 0 Å². The van der Waals surface area contributed by atoms with Crippen LogP contribution >= 0.6 is 0 Å². The molecule has 0 amide bonds. The highest BCUT2D eigenvalue weighted by Gasteiger charge is 2.38. The monoisotopic (exact) mass is 226 g/mol. The third-order valence-corrected chi connectivity index (χ3v) is 2.74. The van der Waals surface area contributed by atoms with Crippen molar-refractivity contribution in [2.24, 2.45) is 0 Å². The standard InChI is InChI=1S/C12H15FO3/c1-12(9-3-2-4-10(13)7-9)15-8-11(16-12)5-6-14/h2-4,7,11,14H,5-6,8H2,1H3. The largest absolute Gasteiger partial charge is 0.396 e. The summed E-state index contributed by atoms with van der Waals surface area (Å²) in [7, 11) is 0. The van der Waals surface area contributed by atoms with Crippen LogP contribution in [0.4, 0.5) is 4.39 Å². The SMILES string of the molecule is CC1(c2cccc(F)c2)OCC(CCO)O1. The smallest absolute Gasteiger partial charge is 0.192 e. The van der Waals surface area contributed by atoms with E-state index in [-0.39, 0.29) is 18.5 Å². The number of rotatable bonds is 3. The zero-order chi connectivity index (χ0) is 11.6. The Hall–Kier alpha value is -0.970. The Morgan fingerprint density at radius 2 is 2.38 bits per heavy atom. The highest BCUT2D eigenvalue weighted by atomic mass is 19.1. The van der Waals surface area contributed by atoms with Crippen LogP contribution in [0.5, 0.6) is 0 Å². The summed E-state index contributed by atoms with van der Waals surface area (Å²) in [5.41, 5.74) is 0.660. The van der Waals surface area contributed by atoms with Gasteiger partial charge in [0, 0.05) is 12.2 Å². The summed E-state index contributed by atoms with van der Waals surface area (Å²) in [6.07, 6.45) is 0.406. The van der Waals surface area contributed by atoms with Crippen LogP contribution < -0.4 is 0 Å². The predicted octanol–water partition coefficient (Wildman–Crippen LogP) is 1.80. The molecule has 16 heavy (non-hydrogen) atoms. The van der Waals surface area contributed by atoms with Crippen LogP contribution in [0.25, 0.3) is 0 Å². The molecular formula is C12H15FO3. The van der Waals surface area contributed by atoms with Crippen molar-refractivity contribution in [1.29, 1.82) is 0 Å². The summed E-state index contributed by atoms with van der Waals surface area (Å²) in [5, 5.41) is 8.82. The summed E-state index contributed by atoms with van der Waals surface area (Å²) in [5.74, 6) is -1.21. The maximum Gasteiger partial charge on any atom is 0.192 e. The molecule has 2 atom stereocenters. The number of halogens is 1. The molecule has 0 spiro atoms. The minimum Gasteiger partial charge on any atom is -0.396 e. The first-order valence-electron chi connectivity index (χ1n) is 5.33. The van der Waals surface area contributed by atoms with Crippen molar-refractivity contribution in [3.63, 3.8) is 0 Å². The molecule has 0 aliphatic carbocycles. The molecule has 2 unspecified atom stereocenters. The molecule has 1 aliphatic heterocycles. The molecule has 1 N–H and O–H groups in total. The van der Waals surface area contributed by atoms with Crippen molar-refractivity contribution >= 4 is 0 Å². The van der Waals surface area contributed by atoms with Crippen LogP contribution in [0.2, 0.25) is 0 Å². The fourth-order valence-electron chi connectivity index (χ4n) is 1.85. The molecule has 4 heteroatoms. The van der Waals surface area contributed by atoms with Crippen LogP contribution in [-0.4, -0.2) is 24.4 Å². The average Bonchev–Trinajstić information content (AvgIpc) is 2.62. The fourth-order valence-corrected chi connectivity index (χ4v) is 1.85. The van der Waals surface area contributed by atoms with E-state index in [1.54, 1.807) is 19.1 Å². The lowest BCUT2D eigenvalue weighted by Gasteiger charge is -2.23. The maximum atomic E-state index is 13.1. The van der Waals surface area contributed by atoms with Gasteiger partial charge < -0.3 is 14.6 Å². The first-order valence-corrected chi connectivity index (χ1v) is 5.33. The van der Waals surface area contributed by atoms with Gasteiger partial charge in [0.05, 0.1) is 12.7 Å². The summed E-state index contributed by atoms with van der Waals surface area (Å²) in [6.45, 7) is 2.25. The van der Waals surface area contributed by atoms with Crippen molar-refractivity contribution in [3.05, 3.63) is 35.6 Å². The lowest BCUT2D eigenvalue weighted by atomic mass is 10.1. The van der Waals surface area contributed by atoms with E-state index in [9.17, 15) is 4.39 Å². The van der Waals surface area contributed by atoms with Crippen LogP contribution in [0.15, 0.2) is 24.3 Å². The maximum absolute atomic E-state index is 13.1. The van der Waals surface area contributed by atoms with Crippen LogP contribution in [0.3, 0.4) is 0 Å². The summed E-state index contributed by atoms with van der Waals surface area (Å²) < 4.78 is 24.3. The van der Waals surface area contributed by atoms with E-state index >= 15 is 0 Å². The Morgan fingerprint density at radius 3 is 3.06 bits per heavy atom. The second-order valence-electron chi connectivity index (χ2n) is 4.02. The topological polar surface area (TPSA) is 38.7 Å². The van der Waals surface area contributed by atoms with Gasteiger partial charge in [-0.15, -0.1) is 0 Å². The van der Waals surface area contributed by atoms with Crippen LogP contribution in [0, 0.1) is 5.82 Å². The molecular weight excluding hydrogens is 211 g/mol. The molecule has 1 saturated heterocycles. The Kier molecular flexibility index (Phi) is 3.23. The number of hydrogen-bond donors (Lipinski definition) is 1. The van der Waals surface area contributed by atoms with Gasteiger partial charge >= 0.3 is 0 Å². The van der Waals surface area contributed by atoms with Crippen molar-refractivity contribution in [1.82, 2.24) is 0 Å². The summed E-state index contributed by atoms with van der Waals surface area (Å²) >= 11 is 0. The molecule has 1 aromatic carbocycles. The number of aliphatic hydroxyl groups excluding tert-OH is 1. The molecule has 88 valence electrons. The second kappa shape index (κ2) is 4.49.